The molecule has 24 heavy (non-hydrogen) atoms. The Morgan fingerprint density at radius 2 is 1.83 bits per heavy atom. The Labute approximate surface area is 145 Å². The zero-order chi connectivity index (χ0) is 17.7. The average Bonchev–Trinajstić information content (AvgIpc) is 2.96. The van der Waals surface area contributed by atoms with Crippen molar-refractivity contribution in [2.75, 3.05) is 11.9 Å². The molecule has 0 saturated heterocycles. The van der Waals surface area contributed by atoms with Gasteiger partial charge in [0.05, 0.1) is 12.2 Å². The van der Waals surface area contributed by atoms with Gasteiger partial charge >= 0.3 is 12.1 Å². The van der Waals surface area contributed by atoms with Crippen LogP contribution in [0.3, 0.4) is 0 Å². The van der Waals surface area contributed by atoms with Crippen LogP contribution in [-0.4, -0.2) is 24.3 Å². The molecule has 0 atom stereocenters. The first-order valence-corrected chi connectivity index (χ1v) is 8.52. The monoisotopic (exact) mass is 347 g/mol. The van der Waals surface area contributed by atoms with Crippen LogP contribution in [0.25, 0.3) is 10.4 Å². The van der Waals surface area contributed by atoms with Crippen molar-refractivity contribution in [2.45, 2.75) is 33.3 Å². The van der Waals surface area contributed by atoms with E-state index in [1.165, 1.54) is 11.3 Å². The Morgan fingerprint density at radius 1 is 1.17 bits per heavy atom. The maximum atomic E-state index is 11.7. The number of ether oxygens (including phenoxy) is 2. The first-order chi connectivity index (χ1) is 11.3. The van der Waals surface area contributed by atoms with Gasteiger partial charge < -0.3 is 9.47 Å². The molecular formula is C18H21NO4S. The third kappa shape index (κ3) is 5.09. The van der Waals surface area contributed by atoms with E-state index in [2.05, 4.69) is 5.32 Å². The van der Waals surface area contributed by atoms with Crippen LogP contribution in [0.1, 0.15) is 38.1 Å². The molecule has 1 aromatic heterocycles. The van der Waals surface area contributed by atoms with Gasteiger partial charge in [-0.05, 0) is 51.5 Å². The summed E-state index contributed by atoms with van der Waals surface area (Å²) in [6.45, 7) is 7.57. The number of hydrogen-bond acceptors (Lipinski definition) is 5. The van der Waals surface area contributed by atoms with Crippen molar-refractivity contribution >= 4 is 29.1 Å². The summed E-state index contributed by atoms with van der Waals surface area (Å²) < 4.78 is 10.2. The normalized spacial score (nSPS) is 11.0. The second kappa shape index (κ2) is 7.49. The Balaban J connectivity index is 2.04. The lowest BCUT2D eigenvalue weighted by Gasteiger charge is -2.19. The van der Waals surface area contributed by atoms with Gasteiger partial charge in [0.1, 0.15) is 5.60 Å². The maximum absolute atomic E-state index is 11.7. The first kappa shape index (κ1) is 18.0. The lowest BCUT2D eigenvalue weighted by Crippen LogP contribution is -2.27. The third-order valence-electron chi connectivity index (χ3n) is 2.93. The molecule has 1 aromatic carbocycles. The van der Waals surface area contributed by atoms with Crippen LogP contribution < -0.4 is 5.32 Å². The summed E-state index contributed by atoms with van der Waals surface area (Å²) >= 11 is 1.47. The van der Waals surface area contributed by atoms with Crippen molar-refractivity contribution in [1.29, 1.82) is 0 Å². The number of benzene rings is 1. The standard InChI is InChI=1S/C18H21NO4S/c1-5-22-16(20)13-10-15(24-11-13)12-6-8-14(9-7-12)19-17(21)23-18(2,3)4/h6-11H,5H2,1-4H3,(H,19,21). The van der Waals surface area contributed by atoms with Gasteiger partial charge in [0.25, 0.3) is 0 Å². The van der Waals surface area contributed by atoms with Gasteiger partial charge in [0.2, 0.25) is 0 Å². The van der Waals surface area contributed by atoms with Gasteiger partial charge in [-0.3, -0.25) is 5.32 Å². The quantitative estimate of drug-likeness (QED) is 0.796. The number of carbonyl (C=O) groups is 2. The predicted molar refractivity (Wildman–Crippen MR) is 95.6 cm³/mol. The van der Waals surface area contributed by atoms with E-state index in [4.69, 9.17) is 9.47 Å². The molecule has 0 aliphatic carbocycles. The number of nitrogens with one attached hydrogen (secondary N) is 1. The van der Waals surface area contributed by atoms with Crippen LogP contribution in [0.15, 0.2) is 35.7 Å². The van der Waals surface area contributed by atoms with Gasteiger partial charge in [0.15, 0.2) is 0 Å². The van der Waals surface area contributed by atoms with Crippen LogP contribution in [0.4, 0.5) is 10.5 Å². The molecule has 1 heterocycles. The zero-order valence-corrected chi connectivity index (χ0v) is 15.0. The van der Waals surface area contributed by atoms with Crippen molar-refractivity contribution in [3.05, 3.63) is 41.3 Å². The highest BCUT2D eigenvalue weighted by atomic mass is 32.1. The van der Waals surface area contributed by atoms with Gasteiger partial charge in [0, 0.05) is 15.9 Å². The summed E-state index contributed by atoms with van der Waals surface area (Å²) in [5, 5.41) is 4.46. The molecule has 0 unspecified atom stereocenters. The number of anilines is 1. The van der Waals surface area contributed by atoms with E-state index >= 15 is 0 Å². The molecule has 5 nitrogen and oxygen atoms in total. The summed E-state index contributed by atoms with van der Waals surface area (Å²) in [6, 6.07) is 9.16. The highest BCUT2D eigenvalue weighted by Crippen LogP contribution is 2.28. The van der Waals surface area contributed by atoms with E-state index in [1.54, 1.807) is 30.5 Å². The van der Waals surface area contributed by atoms with E-state index in [9.17, 15) is 9.59 Å². The number of hydrogen-bond donors (Lipinski definition) is 1. The molecule has 0 spiro atoms. The number of esters is 1. The van der Waals surface area contributed by atoms with Gasteiger partial charge in [-0.25, -0.2) is 9.59 Å². The second-order valence-corrected chi connectivity index (χ2v) is 7.04. The molecule has 1 amide bonds. The highest BCUT2D eigenvalue weighted by molar-refractivity contribution is 7.13. The van der Waals surface area contributed by atoms with Gasteiger partial charge in [-0.2, -0.15) is 0 Å². The first-order valence-electron chi connectivity index (χ1n) is 7.64. The molecule has 0 saturated carbocycles. The molecule has 6 heteroatoms. The van der Waals surface area contributed by atoms with Crippen LogP contribution in [-0.2, 0) is 9.47 Å². The lowest BCUT2D eigenvalue weighted by molar-refractivity contribution is 0.0526. The fourth-order valence-corrected chi connectivity index (χ4v) is 2.83. The van der Waals surface area contributed by atoms with E-state index in [0.717, 1.165) is 10.4 Å². The largest absolute Gasteiger partial charge is 0.462 e. The number of carbonyl (C=O) groups excluding carboxylic acids is 2. The van der Waals surface area contributed by atoms with Crippen molar-refractivity contribution in [3.8, 4) is 10.4 Å². The van der Waals surface area contributed by atoms with Crippen LogP contribution in [0.2, 0.25) is 0 Å². The predicted octanol–water partition coefficient (Wildman–Crippen LogP) is 4.94. The van der Waals surface area contributed by atoms with Crippen molar-refractivity contribution in [2.24, 2.45) is 0 Å². The molecule has 2 rings (SSSR count). The number of thiophene rings is 1. The molecule has 0 bridgehead atoms. The fourth-order valence-electron chi connectivity index (χ4n) is 1.95. The summed E-state index contributed by atoms with van der Waals surface area (Å²) in [5.41, 5.74) is 1.62. The van der Waals surface area contributed by atoms with Gasteiger partial charge in [-0.15, -0.1) is 11.3 Å². The Morgan fingerprint density at radius 3 is 2.42 bits per heavy atom. The summed E-state index contributed by atoms with van der Waals surface area (Å²) in [5.74, 6) is -0.316. The molecule has 2 aromatic rings. The topological polar surface area (TPSA) is 64.6 Å². The van der Waals surface area contributed by atoms with Crippen LogP contribution in [0.5, 0.6) is 0 Å². The van der Waals surface area contributed by atoms with E-state index in [0.29, 0.717) is 17.9 Å². The molecule has 1 N–H and O–H groups in total. The Hall–Kier alpha value is -2.34. The molecule has 0 aliphatic heterocycles. The van der Waals surface area contributed by atoms with Crippen LogP contribution >= 0.6 is 11.3 Å². The van der Waals surface area contributed by atoms with E-state index in [1.807, 2.05) is 32.9 Å². The molecule has 0 fully saturated rings. The lowest BCUT2D eigenvalue weighted by atomic mass is 10.1. The Bertz CT molecular complexity index is 713. The summed E-state index contributed by atoms with van der Waals surface area (Å²) in [7, 11) is 0. The van der Waals surface area contributed by atoms with E-state index < -0.39 is 11.7 Å². The third-order valence-corrected chi connectivity index (χ3v) is 3.90. The maximum Gasteiger partial charge on any atom is 0.412 e. The SMILES string of the molecule is CCOC(=O)c1csc(-c2ccc(NC(=O)OC(C)(C)C)cc2)c1. The minimum absolute atomic E-state index is 0.316. The fraction of sp³-hybridized carbons (Fsp3) is 0.333. The zero-order valence-electron chi connectivity index (χ0n) is 14.2. The minimum atomic E-state index is -0.537. The highest BCUT2D eigenvalue weighted by Gasteiger charge is 2.16. The van der Waals surface area contributed by atoms with Gasteiger partial charge in [-0.1, -0.05) is 12.1 Å². The molecule has 128 valence electrons. The average molecular weight is 347 g/mol. The summed E-state index contributed by atoms with van der Waals surface area (Å²) in [6.07, 6.45) is -0.490. The minimum Gasteiger partial charge on any atom is -0.462 e. The second-order valence-electron chi connectivity index (χ2n) is 6.12. The molecular weight excluding hydrogens is 326 g/mol. The smallest absolute Gasteiger partial charge is 0.412 e. The summed E-state index contributed by atoms with van der Waals surface area (Å²) in [4.78, 5) is 24.4. The Kier molecular flexibility index (Phi) is 5.62. The van der Waals surface area contributed by atoms with Crippen molar-refractivity contribution in [3.63, 3.8) is 0 Å². The number of amides is 1. The molecule has 0 aliphatic rings. The number of rotatable bonds is 4. The molecule has 0 radical (unpaired) electrons. The van der Waals surface area contributed by atoms with Crippen LogP contribution in [0, 0.1) is 0 Å². The van der Waals surface area contributed by atoms with Crippen molar-refractivity contribution in [1.82, 2.24) is 0 Å². The van der Waals surface area contributed by atoms with E-state index in [-0.39, 0.29) is 5.97 Å². The van der Waals surface area contributed by atoms with Crippen molar-refractivity contribution < 1.29 is 19.1 Å².